The van der Waals surface area contributed by atoms with Gasteiger partial charge in [-0.15, -0.1) is 0 Å². The quantitative estimate of drug-likeness (QED) is 0.468. The fraction of sp³-hybridized carbons (Fsp3) is 0.741. The highest BCUT2D eigenvalue weighted by molar-refractivity contribution is 5.73. The van der Waals surface area contributed by atoms with Crippen LogP contribution in [0.1, 0.15) is 92.4 Å². The number of rotatable bonds is 6. The van der Waals surface area contributed by atoms with Crippen LogP contribution >= 0.6 is 0 Å². The first-order valence-electron chi connectivity index (χ1n) is 11.9. The topological polar surface area (TPSA) is 37.3 Å². The Morgan fingerprint density at radius 3 is 2.59 bits per heavy atom. The van der Waals surface area contributed by atoms with Crippen LogP contribution < -0.4 is 0 Å². The maximum Gasteiger partial charge on any atom is 0.309 e. The molecule has 29 heavy (non-hydrogen) atoms. The van der Waals surface area contributed by atoms with Crippen molar-refractivity contribution in [1.29, 1.82) is 0 Å². The van der Waals surface area contributed by atoms with Gasteiger partial charge in [-0.25, -0.2) is 0 Å². The van der Waals surface area contributed by atoms with Crippen molar-refractivity contribution in [3.8, 4) is 0 Å². The number of hydrogen-bond acceptors (Lipinski definition) is 1. The molecule has 0 heterocycles. The monoisotopic (exact) mass is 398 g/mol. The number of carbonyl (C=O) groups is 1. The van der Waals surface area contributed by atoms with Crippen molar-refractivity contribution >= 4 is 5.97 Å². The summed E-state index contributed by atoms with van der Waals surface area (Å²) in [5.74, 6) is 2.03. The van der Waals surface area contributed by atoms with Crippen molar-refractivity contribution in [3.63, 3.8) is 0 Å². The second-order valence-electron chi connectivity index (χ2n) is 11.1. The smallest absolute Gasteiger partial charge is 0.309 e. The van der Waals surface area contributed by atoms with Gasteiger partial charge in [0, 0.05) is 0 Å². The molecule has 0 radical (unpaired) electrons. The third-order valence-corrected chi connectivity index (χ3v) is 8.59. The van der Waals surface area contributed by atoms with Crippen molar-refractivity contribution < 1.29 is 9.90 Å². The lowest BCUT2D eigenvalue weighted by Crippen LogP contribution is -2.28. The van der Waals surface area contributed by atoms with E-state index in [0.717, 1.165) is 11.8 Å². The van der Waals surface area contributed by atoms with E-state index in [1.165, 1.54) is 51.4 Å². The number of aliphatic carboxylic acids is 1. The van der Waals surface area contributed by atoms with E-state index >= 15 is 0 Å². The van der Waals surface area contributed by atoms with Gasteiger partial charge in [0.05, 0.1) is 5.41 Å². The molecule has 3 rings (SSSR count). The second-order valence-corrected chi connectivity index (χ2v) is 11.1. The van der Waals surface area contributed by atoms with E-state index in [1.807, 2.05) is 13.8 Å². The molecule has 0 spiro atoms. The standard InChI is InChI=1S/C27H42O2/c1-19-9-6-7-11-21(19)12-13-22-16-18-27(5)23(14-15-24(22)27)20(2)10-8-17-26(3,4)25(28)29/h8,10,12-13,19-20,23-24H,6-7,9,11,14-18H2,1-5H3,(H,28,29)/t19-,20+,23+,24-,27+/m0/s1. The molecule has 0 aliphatic heterocycles. The van der Waals surface area contributed by atoms with Gasteiger partial charge in [-0.3, -0.25) is 4.79 Å². The number of fused-ring (bicyclic) bond motifs is 1. The highest BCUT2D eigenvalue weighted by Crippen LogP contribution is 2.61. The Bertz CT molecular complexity index is 695. The molecule has 1 N–H and O–H groups in total. The minimum Gasteiger partial charge on any atom is -0.481 e. The lowest BCUT2D eigenvalue weighted by atomic mass is 9.70. The number of hydrogen-bond donors (Lipinski definition) is 1. The molecule has 0 amide bonds. The number of carboxylic acid groups (broad SMARTS) is 1. The lowest BCUT2D eigenvalue weighted by Gasteiger charge is -2.34. The SMILES string of the molecule is C[C@H](C=CCC(C)(C)C(=O)O)[C@H]1CC[C@H]2C(=CC=C3CCCC[C@@H]3C)CC[C@]12C. The highest BCUT2D eigenvalue weighted by Gasteiger charge is 2.52. The largest absolute Gasteiger partial charge is 0.481 e. The molecule has 0 saturated heterocycles. The molecule has 3 fully saturated rings. The molecule has 2 nitrogen and oxygen atoms in total. The van der Waals surface area contributed by atoms with Crippen LogP contribution in [0.4, 0.5) is 0 Å². The van der Waals surface area contributed by atoms with Crippen molar-refractivity contribution in [2.45, 2.75) is 92.4 Å². The van der Waals surface area contributed by atoms with Gasteiger partial charge in [0.25, 0.3) is 0 Å². The zero-order valence-electron chi connectivity index (χ0n) is 19.3. The van der Waals surface area contributed by atoms with Gasteiger partial charge < -0.3 is 5.11 Å². The first-order valence-corrected chi connectivity index (χ1v) is 11.9. The molecule has 3 aliphatic rings. The zero-order valence-corrected chi connectivity index (χ0v) is 19.3. The maximum absolute atomic E-state index is 11.3. The van der Waals surface area contributed by atoms with Crippen molar-refractivity contribution in [1.82, 2.24) is 0 Å². The van der Waals surface area contributed by atoms with E-state index in [-0.39, 0.29) is 0 Å². The summed E-state index contributed by atoms with van der Waals surface area (Å²) in [4.78, 5) is 11.3. The average Bonchev–Trinajstić information content (AvgIpc) is 3.15. The molecule has 3 saturated carbocycles. The van der Waals surface area contributed by atoms with Gasteiger partial charge in [0.2, 0.25) is 0 Å². The molecule has 162 valence electrons. The Balaban J connectivity index is 1.66. The lowest BCUT2D eigenvalue weighted by molar-refractivity contribution is -0.146. The third-order valence-electron chi connectivity index (χ3n) is 8.59. The fourth-order valence-corrected chi connectivity index (χ4v) is 6.36. The predicted molar refractivity (Wildman–Crippen MR) is 122 cm³/mol. The summed E-state index contributed by atoms with van der Waals surface area (Å²) >= 11 is 0. The molecular weight excluding hydrogens is 356 g/mol. The summed E-state index contributed by atoms with van der Waals surface area (Å²) < 4.78 is 0. The molecular formula is C27H42O2. The molecule has 0 unspecified atom stereocenters. The zero-order chi connectivity index (χ0) is 21.2. The molecule has 0 aromatic carbocycles. The van der Waals surface area contributed by atoms with Crippen LogP contribution in [-0.2, 0) is 4.79 Å². The molecule has 5 atom stereocenters. The van der Waals surface area contributed by atoms with Crippen LogP contribution in [0.2, 0.25) is 0 Å². The van der Waals surface area contributed by atoms with Crippen molar-refractivity contribution in [2.75, 3.05) is 0 Å². The summed E-state index contributed by atoms with van der Waals surface area (Å²) in [6.07, 6.45) is 20.6. The van der Waals surface area contributed by atoms with Gasteiger partial charge in [0.1, 0.15) is 0 Å². The van der Waals surface area contributed by atoms with Gasteiger partial charge in [-0.05, 0) is 94.3 Å². The summed E-state index contributed by atoms with van der Waals surface area (Å²) in [6.45, 7) is 10.9. The molecule has 0 aromatic heterocycles. The predicted octanol–water partition coefficient (Wildman–Crippen LogP) is 7.57. The van der Waals surface area contributed by atoms with Crippen LogP contribution in [-0.4, -0.2) is 11.1 Å². The van der Waals surface area contributed by atoms with E-state index in [2.05, 4.69) is 45.1 Å². The van der Waals surface area contributed by atoms with E-state index in [4.69, 9.17) is 0 Å². The van der Waals surface area contributed by atoms with Gasteiger partial charge in [-0.1, -0.05) is 62.6 Å². The van der Waals surface area contributed by atoms with E-state index in [9.17, 15) is 9.90 Å². The van der Waals surface area contributed by atoms with Crippen LogP contribution in [0.5, 0.6) is 0 Å². The Hall–Kier alpha value is -1.31. The maximum atomic E-state index is 11.3. The Labute approximate surface area is 178 Å². The molecule has 3 aliphatic carbocycles. The number of carboxylic acids is 1. The van der Waals surface area contributed by atoms with Crippen LogP contribution in [0.25, 0.3) is 0 Å². The van der Waals surface area contributed by atoms with Gasteiger partial charge in [0.15, 0.2) is 0 Å². The summed E-state index contributed by atoms with van der Waals surface area (Å²) in [5, 5.41) is 9.33. The van der Waals surface area contributed by atoms with E-state index in [0.29, 0.717) is 23.7 Å². The van der Waals surface area contributed by atoms with Crippen LogP contribution in [0, 0.1) is 34.5 Å². The molecule has 0 bridgehead atoms. The number of allylic oxidation sites excluding steroid dienone is 6. The van der Waals surface area contributed by atoms with Gasteiger partial charge in [-0.2, -0.15) is 0 Å². The summed E-state index contributed by atoms with van der Waals surface area (Å²) in [5.41, 5.74) is 3.10. The fourth-order valence-electron chi connectivity index (χ4n) is 6.36. The second kappa shape index (κ2) is 8.82. The third kappa shape index (κ3) is 4.72. The summed E-state index contributed by atoms with van der Waals surface area (Å²) in [7, 11) is 0. The van der Waals surface area contributed by atoms with Crippen LogP contribution in [0.3, 0.4) is 0 Å². The van der Waals surface area contributed by atoms with Crippen molar-refractivity contribution in [2.24, 2.45) is 34.5 Å². The summed E-state index contributed by atoms with van der Waals surface area (Å²) in [6, 6.07) is 0. The Morgan fingerprint density at radius 1 is 1.17 bits per heavy atom. The highest BCUT2D eigenvalue weighted by atomic mass is 16.4. The Morgan fingerprint density at radius 2 is 1.90 bits per heavy atom. The van der Waals surface area contributed by atoms with E-state index < -0.39 is 11.4 Å². The molecule has 0 aromatic rings. The van der Waals surface area contributed by atoms with Crippen molar-refractivity contribution in [3.05, 3.63) is 35.5 Å². The average molecular weight is 399 g/mol. The first-order chi connectivity index (χ1) is 13.6. The minimum atomic E-state index is -0.713. The van der Waals surface area contributed by atoms with Gasteiger partial charge >= 0.3 is 5.97 Å². The normalized spacial score (nSPS) is 36.8. The first kappa shape index (κ1) is 22.4. The minimum absolute atomic E-state index is 0.411. The molecule has 2 heteroatoms. The Kier molecular flexibility index (Phi) is 6.81. The van der Waals surface area contributed by atoms with Crippen LogP contribution in [0.15, 0.2) is 35.5 Å². The van der Waals surface area contributed by atoms with E-state index in [1.54, 1.807) is 11.1 Å².